The van der Waals surface area contributed by atoms with Crippen LogP contribution in [-0.2, 0) is 0 Å². The van der Waals surface area contributed by atoms with Gasteiger partial charge in [0.05, 0.1) is 6.10 Å². The normalized spacial score (nSPS) is 23.2. The van der Waals surface area contributed by atoms with Gasteiger partial charge in [0.15, 0.2) is 0 Å². The minimum Gasteiger partial charge on any atom is -0.392 e. The summed E-state index contributed by atoms with van der Waals surface area (Å²) in [4.78, 5) is 0. The van der Waals surface area contributed by atoms with E-state index in [0.717, 1.165) is 6.42 Å². The molecular weight excluding hydrogens is 204 g/mol. The number of hydrogen-bond acceptors (Lipinski definition) is 2. The van der Waals surface area contributed by atoms with Gasteiger partial charge in [-0.2, -0.15) is 11.8 Å². The van der Waals surface area contributed by atoms with Crippen LogP contribution in [0, 0.1) is 0 Å². The van der Waals surface area contributed by atoms with Gasteiger partial charge in [0.2, 0.25) is 0 Å². The van der Waals surface area contributed by atoms with Crippen molar-refractivity contribution >= 4 is 11.8 Å². The Morgan fingerprint density at radius 2 is 1.93 bits per heavy atom. The molecule has 0 aliphatic carbocycles. The smallest absolute Gasteiger partial charge is 0.0658 e. The fraction of sp³-hybridized carbons (Fsp3) is 1.00. The first-order valence-corrected chi connectivity index (χ1v) is 7.69. The number of hydrogen-bond donors (Lipinski definition) is 1. The van der Waals surface area contributed by atoms with Crippen molar-refractivity contribution in [2.24, 2.45) is 0 Å². The molecule has 2 atom stereocenters. The highest BCUT2D eigenvalue weighted by Gasteiger charge is 2.22. The average Bonchev–Trinajstić information content (AvgIpc) is 2.76. The van der Waals surface area contributed by atoms with Crippen molar-refractivity contribution in [1.29, 1.82) is 0 Å². The Labute approximate surface area is 99.0 Å². The Morgan fingerprint density at radius 3 is 2.60 bits per heavy atom. The summed E-state index contributed by atoms with van der Waals surface area (Å²) in [6.45, 7) is 2.25. The van der Waals surface area contributed by atoms with Gasteiger partial charge in [-0.1, -0.05) is 45.4 Å². The van der Waals surface area contributed by atoms with E-state index in [2.05, 4.69) is 6.92 Å². The predicted octanol–water partition coefficient (Wildman–Crippen LogP) is 3.99. The molecule has 0 aromatic heterocycles. The van der Waals surface area contributed by atoms with Gasteiger partial charge in [0.1, 0.15) is 0 Å². The molecule has 1 heterocycles. The molecule has 90 valence electrons. The second-order valence-electron chi connectivity index (χ2n) is 4.68. The first-order valence-electron chi connectivity index (χ1n) is 6.64. The predicted molar refractivity (Wildman–Crippen MR) is 69.5 cm³/mol. The largest absolute Gasteiger partial charge is 0.392 e. The number of thioether (sulfide) groups is 1. The SMILES string of the molecule is CCCCCCCCC(O)C1CCCS1. The standard InChI is InChI=1S/C13H26OS/c1-2-3-4-5-6-7-9-12(14)13-10-8-11-15-13/h12-14H,2-11H2,1H3. The van der Waals surface area contributed by atoms with Gasteiger partial charge >= 0.3 is 0 Å². The average molecular weight is 230 g/mol. The highest BCUT2D eigenvalue weighted by Crippen LogP contribution is 2.30. The van der Waals surface area contributed by atoms with Crippen LogP contribution in [0.5, 0.6) is 0 Å². The second kappa shape index (κ2) is 8.46. The first kappa shape index (κ1) is 13.4. The van der Waals surface area contributed by atoms with Crippen LogP contribution in [0.4, 0.5) is 0 Å². The van der Waals surface area contributed by atoms with Crippen molar-refractivity contribution < 1.29 is 5.11 Å². The van der Waals surface area contributed by atoms with Crippen LogP contribution >= 0.6 is 11.8 Å². The zero-order valence-electron chi connectivity index (χ0n) is 10.1. The molecule has 0 radical (unpaired) electrons. The molecule has 0 saturated carbocycles. The molecule has 1 fully saturated rings. The number of aliphatic hydroxyl groups excluding tert-OH is 1. The summed E-state index contributed by atoms with van der Waals surface area (Å²) in [5.74, 6) is 1.26. The maximum absolute atomic E-state index is 9.93. The summed E-state index contributed by atoms with van der Waals surface area (Å²) in [6, 6.07) is 0. The summed E-state index contributed by atoms with van der Waals surface area (Å²) < 4.78 is 0. The van der Waals surface area contributed by atoms with E-state index in [1.54, 1.807) is 0 Å². The minimum absolute atomic E-state index is 0.0244. The van der Waals surface area contributed by atoms with Gasteiger partial charge in [-0.3, -0.25) is 0 Å². The molecule has 0 aromatic carbocycles. The Bertz CT molecular complexity index is 143. The summed E-state index contributed by atoms with van der Waals surface area (Å²) in [7, 11) is 0. The number of aliphatic hydroxyl groups is 1. The van der Waals surface area contributed by atoms with Gasteiger partial charge in [0.25, 0.3) is 0 Å². The van der Waals surface area contributed by atoms with Gasteiger partial charge in [-0.15, -0.1) is 0 Å². The van der Waals surface area contributed by atoms with E-state index in [4.69, 9.17) is 0 Å². The first-order chi connectivity index (χ1) is 7.34. The van der Waals surface area contributed by atoms with E-state index in [1.165, 1.54) is 57.1 Å². The van der Waals surface area contributed by atoms with Gasteiger partial charge in [-0.25, -0.2) is 0 Å². The summed E-state index contributed by atoms with van der Waals surface area (Å²) in [5, 5.41) is 10.5. The van der Waals surface area contributed by atoms with Crippen LogP contribution < -0.4 is 0 Å². The van der Waals surface area contributed by atoms with Crippen molar-refractivity contribution in [3.63, 3.8) is 0 Å². The van der Waals surface area contributed by atoms with Crippen LogP contribution in [-0.4, -0.2) is 22.2 Å². The van der Waals surface area contributed by atoms with Crippen LogP contribution in [0.1, 0.15) is 64.7 Å². The fourth-order valence-electron chi connectivity index (χ4n) is 2.23. The maximum Gasteiger partial charge on any atom is 0.0658 e. The van der Waals surface area contributed by atoms with E-state index in [1.807, 2.05) is 11.8 Å². The zero-order chi connectivity index (χ0) is 10.9. The molecule has 1 aliphatic heterocycles. The zero-order valence-corrected chi connectivity index (χ0v) is 10.9. The minimum atomic E-state index is -0.0244. The molecule has 1 rings (SSSR count). The van der Waals surface area contributed by atoms with Crippen LogP contribution in [0.15, 0.2) is 0 Å². The Hall–Kier alpha value is 0.310. The summed E-state index contributed by atoms with van der Waals surface area (Å²) >= 11 is 1.97. The Morgan fingerprint density at radius 1 is 1.20 bits per heavy atom. The lowest BCUT2D eigenvalue weighted by molar-refractivity contribution is 0.156. The van der Waals surface area contributed by atoms with Crippen molar-refractivity contribution in [3.05, 3.63) is 0 Å². The molecule has 1 nitrogen and oxygen atoms in total. The van der Waals surface area contributed by atoms with E-state index < -0.39 is 0 Å². The van der Waals surface area contributed by atoms with E-state index in [-0.39, 0.29) is 6.10 Å². The van der Waals surface area contributed by atoms with E-state index >= 15 is 0 Å². The maximum atomic E-state index is 9.93. The highest BCUT2D eigenvalue weighted by molar-refractivity contribution is 8.00. The Balaban J connectivity index is 1.90. The third-order valence-electron chi connectivity index (χ3n) is 3.25. The van der Waals surface area contributed by atoms with E-state index in [9.17, 15) is 5.11 Å². The van der Waals surface area contributed by atoms with Gasteiger partial charge < -0.3 is 5.11 Å². The number of unbranched alkanes of at least 4 members (excludes halogenated alkanes) is 5. The quantitative estimate of drug-likeness (QED) is 0.636. The van der Waals surface area contributed by atoms with E-state index in [0.29, 0.717) is 5.25 Å². The topological polar surface area (TPSA) is 20.2 Å². The Kier molecular flexibility index (Phi) is 7.54. The summed E-state index contributed by atoms with van der Waals surface area (Å²) in [6.07, 6.45) is 11.5. The molecule has 15 heavy (non-hydrogen) atoms. The van der Waals surface area contributed by atoms with Crippen molar-refractivity contribution in [1.82, 2.24) is 0 Å². The van der Waals surface area contributed by atoms with Crippen LogP contribution in [0.25, 0.3) is 0 Å². The lowest BCUT2D eigenvalue weighted by atomic mass is 10.0. The third kappa shape index (κ3) is 5.82. The van der Waals surface area contributed by atoms with Gasteiger partial charge in [-0.05, 0) is 25.0 Å². The van der Waals surface area contributed by atoms with Crippen molar-refractivity contribution in [3.8, 4) is 0 Å². The van der Waals surface area contributed by atoms with Gasteiger partial charge in [0, 0.05) is 5.25 Å². The molecule has 0 bridgehead atoms. The third-order valence-corrected chi connectivity index (χ3v) is 4.75. The van der Waals surface area contributed by atoms with Crippen molar-refractivity contribution in [2.75, 3.05) is 5.75 Å². The van der Waals surface area contributed by atoms with Crippen LogP contribution in [0.3, 0.4) is 0 Å². The summed E-state index contributed by atoms with van der Waals surface area (Å²) in [5.41, 5.74) is 0. The highest BCUT2D eigenvalue weighted by atomic mass is 32.2. The second-order valence-corrected chi connectivity index (χ2v) is 6.02. The molecule has 1 aliphatic rings. The lowest BCUT2D eigenvalue weighted by Gasteiger charge is -2.16. The molecule has 0 amide bonds. The number of rotatable bonds is 8. The monoisotopic (exact) mass is 230 g/mol. The fourth-order valence-corrected chi connectivity index (χ4v) is 3.55. The molecule has 0 aromatic rings. The molecule has 2 unspecified atom stereocenters. The lowest BCUT2D eigenvalue weighted by Crippen LogP contribution is -2.20. The molecule has 1 N–H and O–H groups in total. The van der Waals surface area contributed by atoms with Crippen LogP contribution in [0.2, 0.25) is 0 Å². The van der Waals surface area contributed by atoms with Crippen molar-refractivity contribution in [2.45, 2.75) is 76.1 Å². The molecule has 2 heteroatoms. The molecule has 0 spiro atoms. The molecule has 1 saturated heterocycles. The molecular formula is C13H26OS.